The predicted octanol–water partition coefficient (Wildman–Crippen LogP) is 1.84. The molecule has 0 radical (unpaired) electrons. The van der Waals surface area contributed by atoms with Crippen LogP contribution < -0.4 is 19.5 Å². The lowest BCUT2D eigenvalue weighted by atomic mass is 10.1. The molecule has 2 rings (SSSR count). The Hall–Kier alpha value is -2.80. The number of hydrogen-bond acceptors (Lipinski definition) is 5. The van der Waals surface area contributed by atoms with E-state index in [0.29, 0.717) is 35.0 Å². The highest BCUT2D eigenvalue weighted by Gasteiger charge is 2.14. The number of ether oxygens (including phenoxy) is 3. The Balaban J connectivity index is 2.06. The third kappa shape index (κ3) is 5.09. The molecule has 0 aliphatic rings. The summed E-state index contributed by atoms with van der Waals surface area (Å²) in [5.41, 5.74) is 1.30. The molecule has 1 unspecified atom stereocenters. The number of nitrogens with zero attached hydrogens (tertiary/aromatic N) is 1. The van der Waals surface area contributed by atoms with Gasteiger partial charge in [-0.2, -0.15) is 4.73 Å². The Morgan fingerprint density at radius 3 is 2.52 bits per heavy atom. The lowest BCUT2D eigenvalue weighted by Crippen LogP contribution is -2.29. The average molecular weight is 346 g/mol. The van der Waals surface area contributed by atoms with Crippen LogP contribution in [0.5, 0.6) is 11.5 Å². The molecule has 0 spiro atoms. The number of amides is 1. The molecular formula is C18H22N2O5. The van der Waals surface area contributed by atoms with Gasteiger partial charge < -0.3 is 24.7 Å². The third-order valence-electron chi connectivity index (χ3n) is 3.64. The van der Waals surface area contributed by atoms with Crippen LogP contribution in [0.15, 0.2) is 42.7 Å². The monoisotopic (exact) mass is 346 g/mol. The van der Waals surface area contributed by atoms with Gasteiger partial charge in [-0.1, -0.05) is 6.07 Å². The fourth-order valence-electron chi connectivity index (χ4n) is 2.24. The van der Waals surface area contributed by atoms with Gasteiger partial charge in [0.05, 0.1) is 25.3 Å². The minimum atomic E-state index is -0.257. The normalized spacial score (nSPS) is 11.6. The summed E-state index contributed by atoms with van der Waals surface area (Å²) in [4.78, 5) is 12.2. The van der Waals surface area contributed by atoms with Crippen molar-refractivity contribution in [2.75, 3.05) is 27.4 Å². The summed E-state index contributed by atoms with van der Waals surface area (Å²) >= 11 is 0. The van der Waals surface area contributed by atoms with Crippen molar-refractivity contribution in [3.8, 4) is 11.5 Å². The fraction of sp³-hybridized carbons (Fsp3) is 0.333. The third-order valence-corrected chi connectivity index (χ3v) is 3.64. The maximum atomic E-state index is 12.2. The van der Waals surface area contributed by atoms with E-state index in [-0.39, 0.29) is 11.9 Å². The molecule has 0 aliphatic heterocycles. The quantitative estimate of drug-likeness (QED) is 0.448. The highest BCUT2D eigenvalue weighted by Crippen LogP contribution is 2.30. The van der Waals surface area contributed by atoms with Crippen molar-refractivity contribution in [1.29, 1.82) is 0 Å². The maximum absolute atomic E-state index is 12.2. The van der Waals surface area contributed by atoms with Crippen LogP contribution in [0, 0.1) is 5.21 Å². The molecule has 1 aromatic heterocycles. The summed E-state index contributed by atoms with van der Waals surface area (Å²) in [5, 5.41) is 13.9. The number of methoxy groups -OCH3 is 2. The average Bonchev–Trinajstić information content (AvgIpc) is 2.62. The number of carbonyl (C=O) groups is 1. The second-order valence-corrected chi connectivity index (χ2v) is 5.39. The number of pyridine rings is 1. The Labute approximate surface area is 146 Å². The number of rotatable bonds is 8. The summed E-state index contributed by atoms with van der Waals surface area (Å²) < 4.78 is 16.5. The van der Waals surface area contributed by atoms with Crippen LogP contribution in [0.1, 0.15) is 28.9 Å². The lowest BCUT2D eigenvalue weighted by molar-refractivity contribution is -0.605. The summed E-state index contributed by atoms with van der Waals surface area (Å²) in [6.45, 7) is 2.78. The van der Waals surface area contributed by atoms with E-state index in [1.54, 1.807) is 20.3 Å². The Morgan fingerprint density at radius 1 is 1.16 bits per heavy atom. The first-order valence-corrected chi connectivity index (χ1v) is 7.84. The van der Waals surface area contributed by atoms with E-state index in [2.05, 4.69) is 5.32 Å². The van der Waals surface area contributed by atoms with Crippen molar-refractivity contribution < 1.29 is 23.7 Å². The molecule has 2 aromatic rings. The predicted molar refractivity (Wildman–Crippen MR) is 91.6 cm³/mol. The number of benzene rings is 1. The number of hydrogen-bond donors (Lipinski definition) is 1. The second kappa shape index (κ2) is 8.89. The van der Waals surface area contributed by atoms with E-state index in [9.17, 15) is 10.0 Å². The van der Waals surface area contributed by atoms with Gasteiger partial charge in [0.2, 0.25) is 0 Å². The Bertz CT molecular complexity index is 703. The molecular weight excluding hydrogens is 324 g/mol. The van der Waals surface area contributed by atoms with Crippen LogP contribution in [-0.2, 0) is 4.74 Å². The van der Waals surface area contributed by atoms with Crippen LogP contribution in [0.2, 0.25) is 0 Å². The molecule has 0 bridgehead atoms. The van der Waals surface area contributed by atoms with Gasteiger partial charge in [0.1, 0.15) is 6.61 Å². The van der Waals surface area contributed by atoms with Gasteiger partial charge >= 0.3 is 0 Å². The van der Waals surface area contributed by atoms with Crippen molar-refractivity contribution >= 4 is 5.91 Å². The summed E-state index contributed by atoms with van der Waals surface area (Å²) in [7, 11) is 3.17. The topological polar surface area (TPSA) is 83.7 Å². The van der Waals surface area contributed by atoms with Gasteiger partial charge in [-0.25, -0.2) is 0 Å². The highest BCUT2D eigenvalue weighted by atomic mass is 16.5. The van der Waals surface area contributed by atoms with Gasteiger partial charge in [0, 0.05) is 19.2 Å². The van der Waals surface area contributed by atoms with E-state index >= 15 is 0 Å². The van der Waals surface area contributed by atoms with Crippen LogP contribution >= 0.6 is 0 Å². The molecule has 1 amide bonds. The van der Waals surface area contributed by atoms with Gasteiger partial charge in [-0.15, -0.1) is 0 Å². The van der Waals surface area contributed by atoms with Crippen LogP contribution in [0.3, 0.4) is 0 Å². The molecule has 1 heterocycles. The Kier molecular flexibility index (Phi) is 6.59. The molecule has 0 saturated heterocycles. The number of carbonyl (C=O) groups excluding carboxylic acids is 1. The second-order valence-electron chi connectivity index (χ2n) is 5.39. The van der Waals surface area contributed by atoms with Crippen molar-refractivity contribution in [1.82, 2.24) is 5.32 Å². The molecule has 0 aliphatic carbocycles. The zero-order valence-corrected chi connectivity index (χ0v) is 14.5. The Morgan fingerprint density at radius 2 is 1.88 bits per heavy atom. The highest BCUT2D eigenvalue weighted by molar-refractivity contribution is 5.94. The number of aromatic nitrogens is 1. The van der Waals surface area contributed by atoms with Crippen LogP contribution in [0.4, 0.5) is 0 Å². The zero-order chi connectivity index (χ0) is 18.2. The summed E-state index contributed by atoms with van der Waals surface area (Å²) in [6.07, 6.45) is 2.57. The molecule has 0 fully saturated rings. The minimum absolute atomic E-state index is 0.242. The molecule has 7 heteroatoms. The zero-order valence-electron chi connectivity index (χ0n) is 14.5. The van der Waals surface area contributed by atoms with Crippen LogP contribution in [-0.4, -0.2) is 33.3 Å². The van der Waals surface area contributed by atoms with Gasteiger partial charge in [-0.3, -0.25) is 4.79 Å². The van der Waals surface area contributed by atoms with Gasteiger partial charge in [0.15, 0.2) is 23.9 Å². The van der Waals surface area contributed by atoms with E-state index in [1.807, 2.05) is 19.1 Å². The van der Waals surface area contributed by atoms with E-state index in [1.165, 1.54) is 24.5 Å². The van der Waals surface area contributed by atoms with Crippen molar-refractivity contribution in [2.24, 2.45) is 0 Å². The lowest BCUT2D eigenvalue weighted by Gasteiger charge is -2.17. The van der Waals surface area contributed by atoms with E-state index in [4.69, 9.17) is 14.2 Å². The van der Waals surface area contributed by atoms with Crippen molar-refractivity contribution in [3.63, 3.8) is 0 Å². The molecule has 0 saturated carbocycles. The van der Waals surface area contributed by atoms with Crippen molar-refractivity contribution in [3.05, 3.63) is 59.1 Å². The fourth-order valence-corrected chi connectivity index (χ4v) is 2.24. The molecule has 7 nitrogen and oxygen atoms in total. The minimum Gasteiger partial charge on any atom is -0.619 e. The first-order chi connectivity index (χ1) is 12.0. The summed E-state index contributed by atoms with van der Waals surface area (Å²) in [6, 6.07) is 8.20. The molecule has 1 N–H and O–H groups in total. The SMILES string of the molecule is COCCOc1ccc(C(C)NC(=O)c2cc[n+]([O-])cc2)cc1OC. The molecule has 134 valence electrons. The smallest absolute Gasteiger partial charge is 0.252 e. The van der Waals surface area contributed by atoms with Crippen LogP contribution in [0.25, 0.3) is 0 Å². The molecule has 1 aromatic carbocycles. The molecule has 1 atom stereocenters. The standard InChI is InChI=1S/C18H22N2O5/c1-13(19-18(21)14-6-8-20(22)9-7-14)15-4-5-16(17(12-15)24-3)25-11-10-23-2/h4-9,12-13H,10-11H2,1-3H3,(H,19,21). The largest absolute Gasteiger partial charge is 0.619 e. The first kappa shape index (κ1) is 18.5. The summed E-state index contributed by atoms with van der Waals surface area (Å²) in [5.74, 6) is 0.944. The van der Waals surface area contributed by atoms with Gasteiger partial charge in [-0.05, 0) is 24.6 Å². The molecule has 25 heavy (non-hydrogen) atoms. The van der Waals surface area contributed by atoms with Gasteiger partial charge in [0.25, 0.3) is 5.91 Å². The first-order valence-electron chi connectivity index (χ1n) is 7.84. The number of nitrogens with one attached hydrogen (secondary N) is 1. The van der Waals surface area contributed by atoms with E-state index in [0.717, 1.165) is 5.56 Å². The maximum Gasteiger partial charge on any atom is 0.252 e. The van der Waals surface area contributed by atoms with Crippen molar-refractivity contribution in [2.45, 2.75) is 13.0 Å². The van der Waals surface area contributed by atoms with E-state index < -0.39 is 0 Å².